The van der Waals surface area contributed by atoms with Gasteiger partial charge in [-0.05, 0) is 42.0 Å². The number of alkyl halides is 2. The highest BCUT2D eigenvalue weighted by atomic mass is 19.3. The van der Waals surface area contributed by atoms with Crippen LogP contribution in [0.3, 0.4) is 0 Å². The molecule has 190 valence electrons. The van der Waals surface area contributed by atoms with E-state index in [0.29, 0.717) is 37.0 Å². The van der Waals surface area contributed by atoms with Gasteiger partial charge in [0.1, 0.15) is 5.75 Å². The number of anilines is 1. The fourth-order valence-electron chi connectivity index (χ4n) is 4.29. The normalized spacial score (nSPS) is 16.7. The maximum atomic E-state index is 13.6. The number of piperazine rings is 1. The second-order valence-corrected chi connectivity index (χ2v) is 8.72. The molecule has 2 saturated heterocycles. The molecule has 2 aliphatic rings. The molecule has 2 amide bonds. The highest BCUT2D eigenvalue weighted by Crippen LogP contribution is 2.26. The van der Waals surface area contributed by atoms with Gasteiger partial charge in [-0.3, -0.25) is 9.80 Å². The lowest BCUT2D eigenvalue weighted by Gasteiger charge is -2.43. The third-order valence-corrected chi connectivity index (χ3v) is 6.51. The van der Waals surface area contributed by atoms with E-state index in [1.807, 2.05) is 41.3 Å². The summed E-state index contributed by atoms with van der Waals surface area (Å²) in [5, 5.41) is 7.06. The Hall–Kier alpha value is -3.57. The van der Waals surface area contributed by atoms with E-state index in [4.69, 9.17) is 13.9 Å². The van der Waals surface area contributed by atoms with Crippen LogP contribution in [0.15, 0.2) is 52.9 Å². The average molecular weight is 500 g/mol. The molecular formula is C25H27F2N5O4. The second-order valence-electron chi connectivity index (χ2n) is 8.72. The molecule has 36 heavy (non-hydrogen) atoms. The van der Waals surface area contributed by atoms with Gasteiger partial charge in [0, 0.05) is 37.4 Å². The van der Waals surface area contributed by atoms with Crippen molar-refractivity contribution in [2.45, 2.75) is 19.0 Å². The molecule has 0 radical (unpaired) electrons. The van der Waals surface area contributed by atoms with Crippen molar-refractivity contribution in [3.8, 4) is 17.2 Å². The fourth-order valence-corrected chi connectivity index (χ4v) is 4.29. The van der Waals surface area contributed by atoms with Gasteiger partial charge in [0.2, 0.25) is 5.89 Å². The molecule has 11 heteroatoms. The molecule has 5 rings (SSSR count). The van der Waals surface area contributed by atoms with Crippen LogP contribution < -0.4 is 9.64 Å². The number of carbonyl (C=O) groups is 1. The number of hydrogen-bond donors (Lipinski definition) is 0. The van der Waals surface area contributed by atoms with Gasteiger partial charge in [-0.2, -0.15) is 8.78 Å². The molecule has 0 unspecified atom stereocenters. The van der Waals surface area contributed by atoms with Crippen molar-refractivity contribution in [1.82, 2.24) is 20.0 Å². The number of halogens is 2. The van der Waals surface area contributed by atoms with E-state index >= 15 is 0 Å². The van der Waals surface area contributed by atoms with Crippen LogP contribution in [-0.2, 0) is 11.3 Å². The van der Waals surface area contributed by atoms with Crippen LogP contribution >= 0.6 is 0 Å². The molecule has 0 aliphatic carbocycles. The Bertz CT molecular complexity index is 1160. The zero-order chi connectivity index (χ0) is 25.1. The predicted molar refractivity (Wildman–Crippen MR) is 127 cm³/mol. The van der Waals surface area contributed by atoms with Crippen LogP contribution in [0.5, 0.6) is 5.75 Å². The van der Waals surface area contributed by atoms with E-state index in [0.717, 1.165) is 37.6 Å². The molecule has 0 saturated carbocycles. The lowest BCUT2D eigenvalue weighted by molar-refractivity contribution is -0.0738. The summed E-state index contributed by atoms with van der Waals surface area (Å²) in [5.41, 5.74) is 2.14. The van der Waals surface area contributed by atoms with Crippen LogP contribution in [0.2, 0.25) is 0 Å². The van der Waals surface area contributed by atoms with E-state index in [1.165, 1.54) is 0 Å². The molecular weight excluding hydrogens is 472 g/mol. The van der Waals surface area contributed by atoms with E-state index in [9.17, 15) is 13.6 Å². The molecule has 2 aliphatic heterocycles. The topological polar surface area (TPSA) is 84.2 Å². The Balaban J connectivity index is 1.32. The fraction of sp³-hybridized carbons (Fsp3) is 0.400. The number of ether oxygens (including phenoxy) is 2. The molecule has 0 spiro atoms. The Labute approximate surface area is 207 Å². The van der Waals surface area contributed by atoms with E-state index < -0.39 is 12.3 Å². The minimum Gasteiger partial charge on any atom is -0.497 e. The summed E-state index contributed by atoms with van der Waals surface area (Å²) in [6.45, 7) is 4.76. The van der Waals surface area contributed by atoms with Crippen LogP contribution in [0, 0.1) is 0 Å². The third kappa shape index (κ3) is 5.17. The summed E-state index contributed by atoms with van der Waals surface area (Å²) < 4.78 is 41.1. The molecule has 0 N–H and O–H groups in total. The summed E-state index contributed by atoms with van der Waals surface area (Å²) in [6.07, 6.45) is -2.82. The number of aromatic nitrogens is 2. The van der Waals surface area contributed by atoms with Gasteiger partial charge < -0.3 is 18.8 Å². The maximum absolute atomic E-state index is 13.6. The van der Waals surface area contributed by atoms with Crippen molar-refractivity contribution in [3.05, 3.63) is 60.0 Å². The van der Waals surface area contributed by atoms with Gasteiger partial charge in [-0.15, -0.1) is 10.2 Å². The van der Waals surface area contributed by atoms with Crippen molar-refractivity contribution in [2.24, 2.45) is 0 Å². The Morgan fingerprint density at radius 1 is 1.06 bits per heavy atom. The van der Waals surface area contributed by atoms with Gasteiger partial charge >= 0.3 is 12.5 Å². The van der Waals surface area contributed by atoms with Gasteiger partial charge in [0.05, 0.1) is 32.9 Å². The summed E-state index contributed by atoms with van der Waals surface area (Å²) in [6, 6.07) is 14.8. The first-order valence-corrected chi connectivity index (χ1v) is 11.7. The lowest BCUT2D eigenvalue weighted by atomic mass is 10.1. The van der Waals surface area contributed by atoms with E-state index in [-0.39, 0.29) is 11.9 Å². The van der Waals surface area contributed by atoms with Crippen molar-refractivity contribution < 1.29 is 27.5 Å². The van der Waals surface area contributed by atoms with E-state index in [1.54, 1.807) is 24.1 Å². The SMILES string of the molecule is COc1ccc(N(Cc2ccc(-c3nnc(C(F)F)o3)cc2)C(=O)N2CCN(C3COC3)CC2)cc1. The van der Waals surface area contributed by atoms with Gasteiger partial charge in [0.15, 0.2) is 0 Å². The largest absolute Gasteiger partial charge is 0.497 e. The number of rotatable bonds is 7. The maximum Gasteiger partial charge on any atom is 0.324 e. The van der Waals surface area contributed by atoms with Crippen molar-refractivity contribution in [1.29, 1.82) is 0 Å². The minimum absolute atomic E-state index is 0.0228. The summed E-state index contributed by atoms with van der Waals surface area (Å²) in [5.74, 6) is 0.0134. The third-order valence-electron chi connectivity index (χ3n) is 6.51. The lowest BCUT2D eigenvalue weighted by Crippen LogP contribution is -2.59. The molecule has 1 aromatic heterocycles. The molecule has 0 atom stereocenters. The molecule has 3 heterocycles. The Morgan fingerprint density at radius 2 is 1.75 bits per heavy atom. The highest BCUT2D eigenvalue weighted by molar-refractivity contribution is 5.92. The number of benzene rings is 2. The molecule has 2 aromatic carbocycles. The second kappa shape index (κ2) is 10.6. The number of urea groups is 1. The first-order valence-electron chi connectivity index (χ1n) is 11.7. The van der Waals surface area contributed by atoms with Gasteiger partial charge in [-0.1, -0.05) is 12.1 Å². The smallest absolute Gasteiger partial charge is 0.324 e. The van der Waals surface area contributed by atoms with Crippen molar-refractivity contribution in [3.63, 3.8) is 0 Å². The number of carbonyl (C=O) groups excluding carboxylic acids is 1. The molecule has 9 nitrogen and oxygen atoms in total. The first kappa shape index (κ1) is 24.1. The highest BCUT2D eigenvalue weighted by Gasteiger charge is 2.32. The van der Waals surface area contributed by atoms with Crippen LogP contribution in [0.4, 0.5) is 19.3 Å². The van der Waals surface area contributed by atoms with Crippen LogP contribution in [0.25, 0.3) is 11.5 Å². The Kier molecular flexibility index (Phi) is 7.10. The van der Waals surface area contributed by atoms with Crippen LogP contribution in [0.1, 0.15) is 17.9 Å². The van der Waals surface area contributed by atoms with Crippen molar-refractivity contribution in [2.75, 3.05) is 51.4 Å². The van der Waals surface area contributed by atoms with Gasteiger partial charge in [-0.25, -0.2) is 4.79 Å². The minimum atomic E-state index is -2.82. The quantitative estimate of drug-likeness (QED) is 0.489. The number of hydrogen-bond acceptors (Lipinski definition) is 7. The zero-order valence-electron chi connectivity index (χ0n) is 19.8. The number of methoxy groups -OCH3 is 1. The monoisotopic (exact) mass is 499 g/mol. The molecule has 2 fully saturated rings. The molecule has 0 bridgehead atoms. The van der Waals surface area contributed by atoms with Crippen LogP contribution in [-0.4, -0.2) is 78.6 Å². The first-order chi connectivity index (χ1) is 17.5. The van der Waals surface area contributed by atoms with Gasteiger partial charge in [0.25, 0.3) is 5.89 Å². The summed E-state index contributed by atoms with van der Waals surface area (Å²) >= 11 is 0. The predicted octanol–water partition coefficient (Wildman–Crippen LogP) is 3.83. The number of nitrogens with zero attached hydrogens (tertiary/aromatic N) is 5. The molecule has 3 aromatic rings. The van der Waals surface area contributed by atoms with Crippen molar-refractivity contribution >= 4 is 11.7 Å². The zero-order valence-corrected chi connectivity index (χ0v) is 19.8. The Morgan fingerprint density at radius 3 is 2.31 bits per heavy atom. The average Bonchev–Trinajstić information content (AvgIpc) is 3.38. The standard InChI is InChI=1S/C25H27F2N5O4/c1-34-21-8-6-19(7-9-21)32(25(33)31-12-10-30(11-13-31)20-15-35-16-20)14-17-2-4-18(5-3-17)23-28-29-24(36-23)22(26)27/h2-9,20,22H,10-16H2,1H3. The summed E-state index contributed by atoms with van der Waals surface area (Å²) in [7, 11) is 1.60. The van der Waals surface area contributed by atoms with E-state index in [2.05, 4.69) is 15.1 Å². The number of amides is 2. The summed E-state index contributed by atoms with van der Waals surface area (Å²) in [4.78, 5) is 19.6.